The fraction of sp³-hybridized carbons (Fsp3) is 0.267. The van der Waals surface area contributed by atoms with Crippen molar-refractivity contribution < 1.29 is 18.7 Å². The van der Waals surface area contributed by atoms with Gasteiger partial charge in [-0.05, 0) is 12.1 Å². The van der Waals surface area contributed by atoms with Gasteiger partial charge in [0.15, 0.2) is 9.47 Å². The maximum Gasteiger partial charge on any atom is 0.311 e. The maximum absolute atomic E-state index is 12.0. The number of carbonyl (C=O) groups excluding carboxylic acids is 2. The van der Waals surface area contributed by atoms with Crippen LogP contribution in [0, 0.1) is 0 Å². The number of thiazole rings is 1. The molecule has 2 N–H and O–H groups in total. The second kappa shape index (κ2) is 9.48. The van der Waals surface area contributed by atoms with Gasteiger partial charge in [-0.25, -0.2) is 4.98 Å². The number of nitrogens with one attached hydrogen (secondary N) is 2. The van der Waals surface area contributed by atoms with E-state index in [9.17, 15) is 9.59 Å². The number of ether oxygens (including phenoxy) is 1. The highest BCUT2D eigenvalue weighted by atomic mass is 32.2. The number of anilines is 2. The predicted octanol–water partition coefficient (Wildman–Crippen LogP) is 2.65. The summed E-state index contributed by atoms with van der Waals surface area (Å²) in [5, 5.41) is 16.7. The van der Waals surface area contributed by atoms with Crippen molar-refractivity contribution in [1.29, 1.82) is 0 Å². The van der Waals surface area contributed by atoms with Gasteiger partial charge >= 0.3 is 5.97 Å². The minimum Gasteiger partial charge on any atom is -0.469 e. The number of aromatic nitrogens is 3. The molecule has 0 bridgehead atoms. The summed E-state index contributed by atoms with van der Waals surface area (Å²) in [6.45, 7) is 0.519. The molecule has 0 saturated heterocycles. The van der Waals surface area contributed by atoms with Gasteiger partial charge in [0.25, 0.3) is 0 Å². The zero-order valence-electron chi connectivity index (χ0n) is 14.1. The number of hydrogen-bond acceptors (Lipinski definition) is 11. The van der Waals surface area contributed by atoms with Crippen LogP contribution in [0.25, 0.3) is 0 Å². The molecule has 0 radical (unpaired) electrons. The maximum atomic E-state index is 12.0. The van der Waals surface area contributed by atoms with Crippen LogP contribution in [0.3, 0.4) is 0 Å². The highest BCUT2D eigenvalue weighted by molar-refractivity contribution is 8.01. The first-order chi connectivity index (χ1) is 13.1. The Labute approximate surface area is 166 Å². The Balaban J connectivity index is 1.42. The molecule has 1 amide bonds. The van der Waals surface area contributed by atoms with Crippen LogP contribution in [-0.4, -0.2) is 39.9 Å². The van der Waals surface area contributed by atoms with Gasteiger partial charge in [0.05, 0.1) is 37.8 Å². The SMILES string of the molecule is COC(=O)Cc1csc(NC(=O)CSc2nnc(NCc3ccco3)s2)n1. The van der Waals surface area contributed by atoms with E-state index in [0.717, 1.165) is 5.76 Å². The quantitative estimate of drug-likeness (QED) is 0.394. The Morgan fingerprint density at radius 1 is 1.33 bits per heavy atom. The second-order valence-corrected chi connectivity index (χ2v) is 8.10. The van der Waals surface area contributed by atoms with Gasteiger partial charge in [0.2, 0.25) is 11.0 Å². The molecule has 142 valence electrons. The molecule has 0 aliphatic carbocycles. The Morgan fingerprint density at radius 3 is 3.00 bits per heavy atom. The Bertz CT molecular complexity index is 893. The van der Waals surface area contributed by atoms with E-state index in [1.54, 1.807) is 11.6 Å². The number of thioether (sulfide) groups is 1. The van der Waals surface area contributed by atoms with Crippen molar-refractivity contribution in [2.24, 2.45) is 0 Å². The number of amides is 1. The van der Waals surface area contributed by atoms with Crippen molar-refractivity contribution in [2.75, 3.05) is 23.5 Å². The van der Waals surface area contributed by atoms with Crippen LogP contribution < -0.4 is 10.6 Å². The minimum absolute atomic E-state index is 0.0796. The zero-order valence-corrected chi connectivity index (χ0v) is 16.6. The van der Waals surface area contributed by atoms with Crippen LogP contribution >= 0.6 is 34.4 Å². The molecule has 3 rings (SSSR count). The minimum atomic E-state index is -0.374. The molecule has 0 fully saturated rings. The van der Waals surface area contributed by atoms with Crippen molar-refractivity contribution in [2.45, 2.75) is 17.3 Å². The fourth-order valence-electron chi connectivity index (χ4n) is 1.86. The first-order valence-electron chi connectivity index (χ1n) is 7.66. The number of rotatable bonds is 9. The van der Waals surface area contributed by atoms with E-state index in [1.807, 2.05) is 12.1 Å². The first kappa shape index (κ1) is 19.3. The molecule has 9 nitrogen and oxygen atoms in total. The van der Waals surface area contributed by atoms with E-state index in [-0.39, 0.29) is 24.1 Å². The number of hydrogen-bond donors (Lipinski definition) is 2. The van der Waals surface area contributed by atoms with Gasteiger partial charge in [-0.2, -0.15) is 0 Å². The lowest BCUT2D eigenvalue weighted by atomic mass is 10.3. The van der Waals surface area contributed by atoms with E-state index in [2.05, 4.69) is 30.6 Å². The number of nitrogens with zero attached hydrogens (tertiary/aromatic N) is 3. The van der Waals surface area contributed by atoms with E-state index < -0.39 is 0 Å². The van der Waals surface area contributed by atoms with Gasteiger partial charge in [-0.3, -0.25) is 9.59 Å². The summed E-state index contributed by atoms with van der Waals surface area (Å²) in [6.07, 6.45) is 1.69. The smallest absolute Gasteiger partial charge is 0.311 e. The predicted molar refractivity (Wildman–Crippen MR) is 103 cm³/mol. The number of carbonyl (C=O) groups is 2. The van der Waals surface area contributed by atoms with E-state index in [1.165, 1.54) is 41.5 Å². The lowest BCUT2D eigenvalue weighted by Crippen LogP contribution is -2.14. The summed E-state index contributed by atoms with van der Waals surface area (Å²) in [6, 6.07) is 3.68. The molecule has 0 aliphatic rings. The molecule has 27 heavy (non-hydrogen) atoms. The van der Waals surface area contributed by atoms with Gasteiger partial charge in [-0.1, -0.05) is 23.1 Å². The van der Waals surface area contributed by atoms with E-state index >= 15 is 0 Å². The molecular formula is C15H15N5O4S3. The monoisotopic (exact) mass is 425 g/mol. The van der Waals surface area contributed by atoms with Gasteiger partial charge in [0.1, 0.15) is 5.76 Å². The standard InChI is InChI=1S/C15H15N5O4S3/c1-23-12(22)5-9-7-25-14(17-9)18-11(21)8-26-15-20-19-13(27-15)16-6-10-3-2-4-24-10/h2-4,7H,5-6,8H2,1H3,(H,16,19)(H,17,18,21). The van der Waals surface area contributed by atoms with Crippen LogP contribution in [0.2, 0.25) is 0 Å². The van der Waals surface area contributed by atoms with Crippen LogP contribution in [0.4, 0.5) is 10.3 Å². The molecule has 0 unspecified atom stereocenters. The average molecular weight is 426 g/mol. The fourth-order valence-corrected chi connectivity index (χ4v) is 4.14. The lowest BCUT2D eigenvalue weighted by molar-refractivity contribution is -0.139. The van der Waals surface area contributed by atoms with Crippen LogP contribution in [0.1, 0.15) is 11.5 Å². The third kappa shape index (κ3) is 6.05. The third-order valence-corrected chi connectivity index (χ3v) is 5.90. The summed E-state index contributed by atoms with van der Waals surface area (Å²) in [5.41, 5.74) is 0.561. The largest absolute Gasteiger partial charge is 0.469 e. The summed E-state index contributed by atoms with van der Waals surface area (Å²) in [4.78, 5) is 27.4. The van der Waals surface area contributed by atoms with Gasteiger partial charge in [-0.15, -0.1) is 21.5 Å². The van der Waals surface area contributed by atoms with E-state index in [0.29, 0.717) is 26.8 Å². The first-order valence-corrected chi connectivity index (χ1v) is 10.3. The lowest BCUT2D eigenvalue weighted by Gasteiger charge is -1.99. The molecule has 0 spiro atoms. The van der Waals surface area contributed by atoms with Crippen molar-refractivity contribution in [3.8, 4) is 0 Å². The Morgan fingerprint density at radius 2 is 2.22 bits per heavy atom. The topological polar surface area (TPSA) is 119 Å². The normalized spacial score (nSPS) is 10.6. The molecule has 3 aromatic rings. The highest BCUT2D eigenvalue weighted by Crippen LogP contribution is 2.26. The summed E-state index contributed by atoms with van der Waals surface area (Å²) >= 11 is 3.90. The van der Waals surface area contributed by atoms with Gasteiger partial charge in [0, 0.05) is 5.38 Å². The molecule has 3 aromatic heterocycles. The Hall–Kier alpha value is -2.44. The Kier molecular flexibility index (Phi) is 6.79. The van der Waals surface area contributed by atoms with Crippen molar-refractivity contribution in [3.05, 3.63) is 35.2 Å². The van der Waals surface area contributed by atoms with Crippen molar-refractivity contribution in [3.63, 3.8) is 0 Å². The van der Waals surface area contributed by atoms with Gasteiger partial charge < -0.3 is 19.8 Å². The molecule has 0 aliphatic heterocycles. The average Bonchev–Trinajstić information content (AvgIpc) is 3.40. The highest BCUT2D eigenvalue weighted by Gasteiger charge is 2.12. The summed E-state index contributed by atoms with van der Waals surface area (Å²) in [5.74, 6) is 0.396. The molecule has 3 heterocycles. The summed E-state index contributed by atoms with van der Waals surface area (Å²) in [7, 11) is 1.32. The summed E-state index contributed by atoms with van der Waals surface area (Å²) < 4.78 is 10.5. The zero-order chi connectivity index (χ0) is 19.1. The van der Waals surface area contributed by atoms with Crippen LogP contribution in [-0.2, 0) is 27.3 Å². The van der Waals surface area contributed by atoms with E-state index in [4.69, 9.17) is 4.42 Å². The number of esters is 1. The third-order valence-electron chi connectivity index (χ3n) is 3.08. The molecule has 0 atom stereocenters. The van der Waals surface area contributed by atoms with Crippen LogP contribution in [0.15, 0.2) is 32.5 Å². The molecule has 0 saturated carbocycles. The van der Waals surface area contributed by atoms with Crippen molar-refractivity contribution >= 4 is 56.6 Å². The molecule has 0 aromatic carbocycles. The second-order valence-electron chi connectivity index (χ2n) is 5.04. The molecule has 12 heteroatoms. The van der Waals surface area contributed by atoms with Crippen LogP contribution in [0.5, 0.6) is 0 Å². The molecular weight excluding hydrogens is 410 g/mol. The number of methoxy groups -OCH3 is 1. The van der Waals surface area contributed by atoms with Crippen molar-refractivity contribution in [1.82, 2.24) is 15.2 Å². The number of furan rings is 1.